The van der Waals surface area contributed by atoms with Crippen molar-refractivity contribution in [2.75, 3.05) is 13.2 Å². The Balaban J connectivity index is 2.12. The third-order valence-electron chi connectivity index (χ3n) is 2.77. The molecule has 1 unspecified atom stereocenters. The quantitative estimate of drug-likeness (QED) is 0.714. The summed E-state index contributed by atoms with van der Waals surface area (Å²) in [7, 11) is 0. The first-order chi connectivity index (χ1) is 6.83. The predicted octanol–water partition coefficient (Wildman–Crippen LogP) is -0.0274. The van der Waals surface area contributed by atoms with Gasteiger partial charge in [-0.15, -0.1) is 0 Å². The Morgan fingerprint density at radius 2 is 2.36 bits per heavy atom. The van der Waals surface area contributed by atoms with E-state index in [-0.39, 0.29) is 13.2 Å². The van der Waals surface area contributed by atoms with Crippen molar-refractivity contribution in [1.29, 1.82) is 0 Å². The highest BCUT2D eigenvalue weighted by Gasteiger charge is 2.19. The maximum absolute atomic E-state index is 9.05. The van der Waals surface area contributed by atoms with Crippen LogP contribution in [0, 0.1) is 5.92 Å². The lowest BCUT2D eigenvalue weighted by molar-refractivity contribution is 0.190. The highest BCUT2D eigenvalue weighted by atomic mass is 16.3. The lowest BCUT2D eigenvalue weighted by atomic mass is 10.0. The van der Waals surface area contributed by atoms with Crippen LogP contribution in [0.4, 0.5) is 0 Å². The molecule has 2 heterocycles. The van der Waals surface area contributed by atoms with Crippen molar-refractivity contribution in [2.24, 2.45) is 5.92 Å². The van der Waals surface area contributed by atoms with Crippen LogP contribution in [0.15, 0.2) is 6.20 Å². The fourth-order valence-electron chi connectivity index (χ4n) is 1.96. The number of fused-ring (bicyclic) bond motifs is 1. The molecule has 2 rings (SSSR count). The van der Waals surface area contributed by atoms with E-state index in [0.717, 1.165) is 30.9 Å². The summed E-state index contributed by atoms with van der Waals surface area (Å²) < 4.78 is 2.11. The molecule has 0 radical (unpaired) electrons. The van der Waals surface area contributed by atoms with Crippen molar-refractivity contribution in [3.05, 3.63) is 17.7 Å². The topological polar surface area (TPSA) is 58.3 Å². The second-order valence-electron chi connectivity index (χ2n) is 3.86. The van der Waals surface area contributed by atoms with Gasteiger partial charge in [-0.05, 0) is 6.42 Å². The number of aromatic nitrogens is 2. The minimum Gasteiger partial charge on any atom is -0.396 e. The van der Waals surface area contributed by atoms with Gasteiger partial charge in [0.05, 0.1) is 5.69 Å². The Labute approximate surface area is 83.2 Å². The fourth-order valence-corrected chi connectivity index (χ4v) is 1.96. The number of hydrogen-bond donors (Lipinski definition) is 2. The Kier molecular flexibility index (Phi) is 2.84. The summed E-state index contributed by atoms with van der Waals surface area (Å²) in [6.45, 7) is 1.27. The van der Waals surface area contributed by atoms with Gasteiger partial charge in [0.25, 0.3) is 0 Å². The smallest absolute Gasteiger partial charge is 0.108 e. The number of aliphatic hydroxyl groups excluding tert-OH is 2. The first-order valence-corrected chi connectivity index (χ1v) is 5.10. The molecule has 1 aliphatic heterocycles. The average Bonchev–Trinajstić information content (AvgIpc) is 2.59. The van der Waals surface area contributed by atoms with Gasteiger partial charge in [0.15, 0.2) is 0 Å². The lowest BCUT2D eigenvalue weighted by Crippen LogP contribution is -2.22. The van der Waals surface area contributed by atoms with Crippen molar-refractivity contribution in [2.45, 2.75) is 25.8 Å². The highest BCUT2D eigenvalue weighted by molar-refractivity contribution is 5.07. The maximum Gasteiger partial charge on any atom is 0.108 e. The van der Waals surface area contributed by atoms with Gasteiger partial charge >= 0.3 is 0 Å². The molecule has 4 heteroatoms. The number of imidazole rings is 1. The Bertz CT molecular complexity index is 309. The lowest BCUT2D eigenvalue weighted by Gasteiger charge is -2.21. The van der Waals surface area contributed by atoms with Crippen LogP contribution in [0.3, 0.4) is 0 Å². The summed E-state index contributed by atoms with van der Waals surface area (Å²) in [6.07, 6.45) is 4.58. The largest absolute Gasteiger partial charge is 0.396 e. The molecule has 2 N–H and O–H groups in total. The number of aliphatic hydroxyl groups is 2. The number of nitrogens with zero attached hydrogens (tertiary/aromatic N) is 2. The van der Waals surface area contributed by atoms with E-state index in [0.29, 0.717) is 12.3 Å². The summed E-state index contributed by atoms with van der Waals surface area (Å²) in [5.41, 5.74) is 0.959. The Morgan fingerprint density at radius 1 is 1.50 bits per heavy atom. The molecule has 0 bridgehead atoms. The second kappa shape index (κ2) is 4.11. The van der Waals surface area contributed by atoms with Crippen molar-refractivity contribution < 1.29 is 10.2 Å². The van der Waals surface area contributed by atoms with Crippen LogP contribution >= 0.6 is 0 Å². The molecule has 0 saturated carbocycles. The Hall–Kier alpha value is -0.870. The SMILES string of the molecule is OCCc1cn2c(n1)CCC(CO)C2. The van der Waals surface area contributed by atoms with Crippen molar-refractivity contribution in [1.82, 2.24) is 9.55 Å². The third kappa shape index (κ3) is 1.81. The molecule has 1 atom stereocenters. The Morgan fingerprint density at radius 3 is 3.07 bits per heavy atom. The van der Waals surface area contributed by atoms with E-state index in [1.54, 1.807) is 0 Å². The van der Waals surface area contributed by atoms with Crippen LogP contribution in [0.2, 0.25) is 0 Å². The number of hydrogen-bond acceptors (Lipinski definition) is 3. The molecule has 0 saturated heterocycles. The van der Waals surface area contributed by atoms with Gasteiger partial charge in [-0.1, -0.05) is 0 Å². The predicted molar refractivity (Wildman–Crippen MR) is 51.9 cm³/mol. The van der Waals surface area contributed by atoms with Gasteiger partial charge in [-0.2, -0.15) is 0 Å². The molecule has 0 aliphatic carbocycles. The van der Waals surface area contributed by atoms with Crippen LogP contribution in [0.5, 0.6) is 0 Å². The van der Waals surface area contributed by atoms with Crippen LogP contribution < -0.4 is 0 Å². The zero-order chi connectivity index (χ0) is 9.97. The molecule has 0 amide bonds. The minimum atomic E-state index is 0.153. The molecule has 78 valence electrons. The van der Waals surface area contributed by atoms with Gasteiger partial charge in [-0.25, -0.2) is 4.98 Å². The van der Waals surface area contributed by atoms with Gasteiger partial charge in [0, 0.05) is 44.7 Å². The normalized spacial score (nSPS) is 20.9. The van der Waals surface area contributed by atoms with Crippen molar-refractivity contribution in [3.63, 3.8) is 0 Å². The van der Waals surface area contributed by atoms with Crippen LogP contribution in [-0.4, -0.2) is 33.0 Å². The summed E-state index contributed by atoms with van der Waals surface area (Å²) >= 11 is 0. The maximum atomic E-state index is 9.05. The first-order valence-electron chi connectivity index (χ1n) is 5.10. The summed E-state index contributed by atoms with van der Waals surface area (Å²) in [6, 6.07) is 0. The molecule has 1 aromatic rings. The van der Waals surface area contributed by atoms with E-state index in [9.17, 15) is 0 Å². The fraction of sp³-hybridized carbons (Fsp3) is 0.700. The van der Waals surface area contributed by atoms with Crippen molar-refractivity contribution in [3.8, 4) is 0 Å². The van der Waals surface area contributed by atoms with Gasteiger partial charge < -0.3 is 14.8 Å². The summed E-state index contributed by atoms with van der Waals surface area (Å²) in [4.78, 5) is 4.43. The van der Waals surface area contributed by atoms with Crippen LogP contribution in [-0.2, 0) is 19.4 Å². The second-order valence-corrected chi connectivity index (χ2v) is 3.86. The van der Waals surface area contributed by atoms with E-state index < -0.39 is 0 Å². The van der Waals surface area contributed by atoms with Gasteiger partial charge in [0.2, 0.25) is 0 Å². The van der Waals surface area contributed by atoms with E-state index in [1.165, 1.54) is 0 Å². The molecule has 0 spiro atoms. The molecule has 4 nitrogen and oxygen atoms in total. The van der Waals surface area contributed by atoms with Crippen LogP contribution in [0.1, 0.15) is 17.9 Å². The molecule has 0 aromatic carbocycles. The number of aryl methyl sites for hydroxylation is 1. The molecule has 0 fully saturated rings. The zero-order valence-corrected chi connectivity index (χ0v) is 8.19. The van der Waals surface area contributed by atoms with E-state index in [2.05, 4.69) is 9.55 Å². The van der Waals surface area contributed by atoms with E-state index >= 15 is 0 Å². The van der Waals surface area contributed by atoms with Gasteiger partial charge in [-0.3, -0.25) is 0 Å². The minimum absolute atomic E-state index is 0.153. The molecule has 1 aliphatic rings. The van der Waals surface area contributed by atoms with Crippen LogP contribution in [0.25, 0.3) is 0 Å². The van der Waals surface area contributed by atoms with E-state index in [1.807, 2.05) is 6.20 Å². The summed E-state index contributed by atoms with van der Waals surface area (Å²) in [5, 5.41) is 17.8. The first kappa shape index (κ1) is 9.68. The zero-order valence-electron chi connectivity index (χ0n) is 8.19. The highest BCUT2D eigenvalue weighted by Crippen LogP contribution is 2.19. The monoisotopic (exact) mass is 196 g/mol. The molecular formula is C10H16N2O2. The standard InChI is InChI=1S/C10H16N2O2/c13-4-3-9-6-12-5-8(7-14)1-2-10(12)11-9/h6,8,13-14H,1-5,7H2. The molecule has 1 aromatic heterocycles. The molecule has 14 heavy (non-hydrogen) atoms. The third-order valence-corrected chi connectivity index (χ3v) is 2.77. The molecular weight excluding hydrogens is 180 g/mol. The van der Waals surface area contributed by atoms with Gasteiger partial charge in [0.1, 0.15) is 5.82 Å². The average molecular weight is 196 g/mol. The summed E-state index contributed by atoms with van der Waals surface area (Å²) in [5.74, 6) is 1.47. The van der Waals surface area contributed by atoms with E-state index in [4.69, 9.17) is 10.2 Å². The van der Waals surface area contributed by atoms with Crippen molar-refractivity contribution >= 4 is 0 Å². The number of rotatable bonds is 3.